The van der Waals surface area contributed by atoms with Crippen LogP contribution in [0.1, 0.15) is 19.8 Å². The van der Waals surface area contributed by atoms with Crippen molar-refractivity contribution in [2.45, 2.75) is 24.5 Å². The van der Waals surface area contributed by atoms with Crippen LogP contribution in [-0.4, -0.2) is 19.4 Å². The molecule has 1 saturated carbocycles. The minimum atomic E-state index is -3.21. The Morgan fingerprint density at radius 2 is 2.00 bits per heavy atom. The van der Waals surface area contributed by atoms with Gasteiger partial charge in [0.2, 0.25) is 0 Å². The highest BCUT2D eigenvalue weighted by Crippen LogP contribution is 2.43. The van der Waals surface area contributed by atoms with Gasteiger partial charge in [-0.15, -0.1) is 0 Å². The lowest BCUT2D eigenvalue weighted by molar-refractivity contribution is 0.552. The molecule has 0 spiro atoms. The molecule has 0 bridgehead atoms. The van der Waals surface area contributed by atoms with Crippen LogP contribution in [0.2, 0.25) is 0 Å². The van der Waals surface area contributed by atoms with Crippen molar-refractivity contribution in [3.63, 3.8) is 0 Å². The molecule has 1 aliphatic rings. The summed E-state index contributed by atoms with van der Waals surface area (Å²) in [5.41, 5.74) is 0. The van der Waals surface area contributed by atoms with E-state index in [1.165, 1.54) is 6.92 Å². The molecule has 0 N–H and O–H groups in total. The van der Waals surface area contributed by atoms with E-state index in [9.17, 15) is 8.42 Å². The fourth-order valence-corrected chi connectivity index (χ4v) is 2.12. The van der Waals surface area contributed by atoms with Gasteiger partial charge in [-0.05, 0) is 25.7 Å². The molecule has 0 radical (unpaired) electrons. The number of hydrogen-bond donors (Lipinski definition) is 0. The van der Waals surface area contributed by atoms with E-state index in [0.29, 0.717) is 0 Å². The maximum atomic E-state index is 11.1. The number of sulfone groups is 1. The number of hydrogen-bond acceptors (Lipinski definition) is 3. The average molecular weight is 173 g/mol. The predicted molar refractivity (Wildman–Crippen MR) is 41.6 cm³/mol. The molecule has 3 nitrogen and oxygen atoms in total. The SMILES string of the molecule is C[C@@](C#N)(C1CC1)S(C)(=O)=O. The molecule has 0 aromatic rings. The van der Waals surface area contributed by atoms with E-state index in [4.69, 9.17) is 5.26 Å². The van der Waals surface area contributed by atoms with Crippen molar-refractivity contribution in [2.75, 3.05) is 6.26 Å². The van der Waals surface area contributed by atoms with E-state index < -0.39 is 14.6 Å². The molecule has 4 heteroatoms. The van der Waals surface area contributed by atoms with Crippen LogP contribution in [0.25, 0.3) is 0 Å². The van der Waals surface area contributed by atoms with E-state index >= 15 is 0 Å². The predicted octanol–water partition coefficient (Wildman–Crippen LogP) is 0.723. The molecule has 0 aliphatic heterocycles. The van der Waals surface area contributed by atoms with Gasteiger partial charge in [0, 0.05) is 6.26 Å². The van der Waals surface area contributed by atoms with Crippen molar-refractivity contribution >= 4 is 9.84 Å². The molecule has 11 heavy (non-hydrogen) atoms. The third-order valence-electron chi connectivity index (χ3n) is 2.35. The van der Waals surface area contributed by atoms with Crippen LogP contribution < -0.4 is 0 Å². The normalized spacial score (nSPS) is 23.7. The third-order valence-corrected chi connectivity index (χ3v) is 4.31. The minimum absolute atomic E-state index is 0.0718. The van der Waals surface area contributed by atoms with Gasteiger partial charge >= 0.3 is 0 Å². The molecule has 0 heterocycles. The van der Waals surface area contributed by atoms with Gasteiger partial charge < -0.3 is 0 Å². The lowest BCUT2D eigenvalue weighted by Gasteiger charge is -2.17. The topological polar surface area (TPSA) is 57.9 Å². The second-order valence-electron chi connectivity index (χ2n) is 3.27. The van der Waals surface area contributed by atoms with Crippen LogP contribution in [0.3, 0.4) is 0 Å². The fraction of sp³-hybridized carbons (Fsp3) is 0.857. The smallest absolute Gasteiger partial charge is 0.166 e. The molecular formula is C7H11NO2S. The Morgan fingerprint density at radius 1 is 1.55 bits per heavy atom. The monoisotopic (exact) mass is 173 g/mol. The van der Waals surface area contributed by atoms with E-state index in [1.807, 2.05) is 6.07 Å². The molecule has 0 aromatic carbocycles. The van der Waals surface area contributed by atoms with Crippen LogP contribution in [0, 0.1) is 17.2 Å². The first kappa shape index (κ1) is 8.54. The first-order valence-electron chi connectivity index (χ1n) is 3.52. The molecule has 1 rings (SSSR count). The Hall–Kier alpha value is -0.560. The lowest BCUT2D eigenvalue weighted by Crippen LogP contribution is -2.35. The second kappa shape index (κ2) is 2.21. The van der Waals surface area contributed by atoms with Gasteiger partial charge in [0.15, 0.2) is 14.6 Å². The van der Waals surface area contributed by atoms with Gasteiger partial charge in [0.05, 0.1) is 6.07 Å². The van der Waals surface area contributed by atoms with E-state index in [0.717, 1.165) is 19.1 Å². The molecule has 0 amide bonds. The zero-order valence-corrected chi connectivity index (χ0v) is 7.48. The summed E-state index contributed by atoms with van der Waals surface area (Å²) in [5.74, 6) is 0.0718. The molecular weight excluding hydrogens is 162 g/mol. The van der Waals surface area contributed by atoms with Gasteiger partial charge in [0.1, 0.15) is 0 Å². The molecule has 1 fully saturated rings. The van der Waals surface area contributed by atoms with Crippen molar-refractivity contribution < 1.29 is 8.42 Å². The number of rotatable bonds is 2. The quantitative estimate of drug-likeness (QED) is 0.618. The van der Waals surface area contributed by atoms with Crippen LogP contribution in [0.5, 0.6) is 0 Å². The summed E-state index contributed by atoms with van der Waals surface area (Å²) in [5, 5.41) is 8.70. The zero-order chi connectivity index (χ0) is 8.70. The van der Waals surface area contributed by atoms with Crippen molar-refractivity contribution in [1.29, 1.82) is 5.26 Å². The fourth-order valence-electron chi connectivity index (χ4n) is 1.11. The summed E-state index contributed by atoms with van der Waals surface area (Å²) in [4.78, 5) is 0. The van der Waals surface area contributed by atoms with Gasteiger partial charge in [-0.25, -0.2) is 8.42 Å². The van der Waals surface area contributed by atoms with Gasteiger partial charge in [-0.3, -0.25) is 0 Å². The van der Waals surface area contributed by atoms with E-state index in [-0.39, 0.29) is 5.92 Å². The summed E-state index contributed by atoms with van der Waals surface area (Å²) in [6.45, 7) is 1.51. The highest BCUT2D eigenvalue weighted by atomic mass is 32.2. The minimum Gasteiger partial charge on any atom is -0.227 e. The Balaban J connectivity index is 3.04. The van der Waals surface area contributed by atoms with Gasteiger partial charge in [0.25, 0.3) is 0 Å². The average Bonchev–Trinajstić information content (AvgIpc) is 2.64. The Kier molecular flexibility index (Phi) is 1.72. The molecule has 0 saturated heterocycles. The Labute approximate surface area is 66.9 Å². The first-order valence-corrected chi connectivity index (χ1v) is 5.42. The Morgan fingerprint density at radius 3 is 2.09 bits per heavy atom. The van der Waals surface area contributed by atoms with Gasteiger partial charge in [-0.2, -0.15) is 5.26 Å². The van der Waals surface area contributed by atoms with Crippen LogP contribution in [0.4, 0.5) is 0 Å². The van der Waals surface area contributed by atoms with Crippen molar-refractivity contribution in [1.82, 2.24) is 0 Å². The molecule has 0 unspecified atom stereocenters. The summed E-state index contributed by atoms with van der Waals surface area (Å²) in [7, 11) is -3.21. The summed E-state index contributed by atoms with van der Waals surface area (Å²) in [6, 6.07) is 1.89. The Bertz CT molecular complexity index is 297. The largest absolute Gasteiger partial charge is 0.227 e. The molecule has 0 aromatic heterocycles. The first-order chi connectivity index (χ1) is 4.92. The maximum absolute atomic E-state index is 11.1. The highest BCUT2D eigenvalue weighted by Gasteiger charge is 2.49. The lowest BCUT2D eigenvalue weighted by atomic mass is 10.1. The molecule has 1 aliphatic carbocycles. The van der Waals surface area contributed by atoms with Gasteiger partial charge in [-0.1, -0.05) is 0 Å². The molecule has 62 valence electrons. The molecule has 1 atom stereocenters. The summed E-state index contributed by atoms with van der Waals surface area (Å²) in [6.07, 6.45) is 2.88. The standard InChI is InChI=1S/C7H11NO2S/c1-7(5-8,6-3-4-6)11(2,9)10/h6H,3-4H2,1-2H3/t7-/m1/s1. The van der Waals surface area contributed by atoms with E-state index in [2.05, 4.69) is 0 Å². The van der Waals surface area contributed by atoms with Crippen LogP contribution in [0.15, 0.2) is 0 Å². The van der Waals surface area contributed by atoms with Crippen molar-refractivity contribution in [2.24, 2.45) is 5.92 Å². The number of nitrogens with zero attached hydrogens (tertiary/aromatic N) is 1. The summed E-state index contributed by atoms with van der Waals surface area (Å²) < 4.78 is 21.2. The second-order valence-corrected chi connectivity index (χ2v) is 5.66. The van der Waals surface area contributed by atoms with E-state index in [1.54, 1.807) is 0 Å². The van der Waals surface area contributed by atoms with Crippen LogP contribution in [-0.2, 0) is 9.84 Å². The maximum Gasteiger partial charge on any atom is 0.166 e. The zero-order valence-electron chi connectivity index (χ0n) is 6.66. The van der Waals surface area contributed by atoms with Crippen molar-refractivity contribution in [3.8, 4) is 6.07 Å². The summed E-state index contributed by atoms with van der Waals surface area (Å²) >= 11 is 0. The third kappa shape index (κ3) is 1.25. The highest BCUT2D eigenvalue weighted by molar-refractivity contribution is 7.92. The number of nitriles is 1. The van der Waals surface area contributed by atoms with Crippen molar-refractivity contribution in [3.05, 3.63) is 0 Å². The van der Waals surface area contributed by atoms with Crippen LogP contribution >= 0.6 is 0 Å².